The first-order valence-electron chi connectivity index (χ1n) is 14.0. The Hall–Kier alpha value is -0.910. The highest BCUT2D eigenvalue weighted by atomic mass is 16.4. The Labute approximate surface area is 211 Å². The maximum atomic E-state index is 12.8. The molecule has 198 valence electrons. The van der Waals surface area contributed by atoms with Gasteiger partial charge in [0.15, 0.2) is 0 Å². The molecule has 5 rings (SSSR count). The van der Waals surface area contributed by atoms with Crippen LogP contribution in [-0.4, -0.2) is 45.2 Å². The van der Waals surface area contributed by atoms with Gasteiger partial charge in [-0.15, -0.1) is 0 Å². The molecule has 0 aromatic heterocycles. The van der Waals surface area contributed by atoms with Crippen molar-refractivity contribution in [3.05, 3.63) is 11.6 Å². The predicted molar refractivity (Wildman–Crippen MR) is 135 cm³/mol. The van der Waals surface area contributed by atoms with Crippen molar-refractivity contribution in [2.45, 2.75) is 112 Å². The van der Waals surface area contributed by atoms with Gasteiger partial charge in [-0.2, -0.15) is 0 Å². The molecule has 4 N–H and O–H groups in total. The third kappa shape index (κ3) is 3.07. The van der Waals surface area contributed by atoms with E-state index in [2.05, 4.69) is 40.7 Å². The van der Waals surface area contributed by atoms with Gasteiger partial charge < -0.3 is 20.4 Å². The fourth-order valence-corrected chi connectivity index (χ4v) is 10.8. The van der Waals surface area contributed by atoms with Crippen LogP contribution in [0.1, 0.15) is 99.3 Å². The van der Waals surface area contributed by atoms with Crippen LogP contribution >= 0.6 is 0 Å². The van der Waals surface area contributed by atoms with Gasteiger partial charge in [0.25, 0.3) is 0 Å². The number of aliphatic carboxylic acids is 1. The largest absolute Gasteiger partial charge is 0.481 e. The molecule has 0 unspecified atom stereocenters. The van der Waals surface area contributed by atoms with Gasteiger partial charge in [0.2, 0.25) is 0 Å². The molecule has 10 atom stereocenters. The first-order valence-corrected chi connectivity index (χ1v) is 14.0. The Morgan fingerprint density at radius 2 is 1.63 bits per heavy atom. The van der Waals surface area contributed by atoms with Gasteiger partial charge in [0, 0.05) is 11.3 Å². The van der Waals surface area contributed by atoms with Crippen LogP contribution in [0.5, 0.6) is 0 Å². The number of rotatable bonds is 2. The van der Waals surface area contributed by atoms with E-state index in [9.17, 15) is 25.2 Å². The number of aliphatic hydroxyl groups excluding tert-OH is 3. The van der Waals surface area contributed by atoms with Crippen molar-refractivity contribution in [3.63, 3.8) is 0 Å². The van der Waals surface area contributed by atoms with E-state index in [0.29, 0.717) is 25.2 Å². The molecule has 5 aliphatic carbocycles. The van der Waals surface area contributed by atoms with Crippen LogP contribution in [0.15, 0.2) is 11.6 Å². The monoisotopic (exact) mass is 488 g/mol. The van der Waals surface area contributed by atoms with Gasteiger partial charge in [-0.3, -0.25) is 4.79 Å². The molecule has 4 fully saturated rings. The molecule has 0 heterocycles. The highest BCUT2D eigenvalue weighted by molar-refractivity contribution is 5.76. The summed E-state index contributed by atoms with van der Waals surface area (Å²) in [5.74, 6) is -0.400. The topological polar surface area (TPSA) is 98.0 Å². The molecule has 0 amide bonds. The van der Waals surface area contributed by atoms with Gasteiger partial charge in [0.1, 0.15) is 0 Å². The quantitative estimate of drug-likeness (QED) is 0.402. The second-order valence-electron chi connectivity index (χ2n) is 15.1. The van der Waals surface area contributed by atoms with Crippen molar-refractivity contribution in [3.8, 4) is 0 Å². The highest BCUT2D eigenvalue weighted by Gasteiger charge is 2.71. The van der Waals surface area contributed by atoms with E-state index in [1.165, 1.54) is 5.57 Å². The smallest absolute Gasteiger partial charge is 0.310 e. The second-order valence-corrected chi connectivity index (χ2v) is 15.1. The summed E-state index contributed by atoms with van der Waals surface area (Å²) in [6.45, 7) is 13.5. The first-order chi connectivity index (χ1) is 16.1. The van der Waals surface area contributed by atoms with Crippen LogP contribution in [0.25, 0.3) is 0 Å². The minimum absolute atomic E-state index is 0.0545. The minimum atomic E-state index is -0.711. The molecule has 5 heteroatoms. The molecular formula is C30H48O5. The Balaban J connectivity index is 1.63. The number of hydrogen-bond acceptors (Lipinski definition) is 4. The van der Waals surface area contributed by atoms with E-state index in [0.717, 1.165) is 38.5 Å². The zero-order chi connectivity index (χ0) is 25.8. The lowest BCUT2D eigenvalue weighted by atomic mass is 9.33. The van der Waals surface area contributed by atoms with Crippen molar-refractivity contribution in [2.75, 3.05) is 6.61 Å². The maximum absolute atomic E-state index is 12.8. The fourth-order valence-electron chi connectivity index (χ4n) is 10.8. The molecule has 0 spiro atoms. The molecule has 0 saturated heterocycles. The fraction of sp³-hybridized carbons (Fsp3) is 0.900. The number of carboxylic acid groups (broad SMARTS) is 1. The van der Waals surface area contributed by atoms with Crippen LogP contribution in [0, 0.1) is 50.2 Å². The van der Waals surface area contributed by atoms with Crippen LogP contribution in [0.4, 0.5) is 0 Å². The number of carbonyl (C=O) groups is 1. The van der Waals surface area contributed by atoms with Gasteiger partial charge in [-0.25, -0.2) is 0 Å². The summed E-state index contributed by atoms with van der Waals surface area (Å²) >= 11 is 0. The van der Waals surface area contributed by atoms with Gasteiger partial charge in [0.05, 0.1) is 24.2 Å². The third-order valence-corrected chi connectivity index (χ3v) is 13.1. The predicted octanol–water partition coefficient (Wildman–Crippen LogP) is 5.18. The maximum Gasteiger partial charge on any atom is 0.310 e. The summed E-state index contributed by atoms with van der Waals surface area (Å²) in [4.78, 5) is 12.8. The summed E-state index contributed by atoms with van der Waals surface area (Å²) in [7, 11) is 0. The molecule has 0 aromatic rings. The Morgan fingerprint density at radius 1 is 0.971 bits per heavy atom. The number of aliphatic hydroxyl groups is 3. The lowest BCUT2D eigenvalue weighted by Crippen LogP contribution is -2.69. The Bertz CT molecular complexity index is 941. The number of hydrogen-bond donors (Lipinski definition) is 4. The van der Waals surface area contributed by atoms with E-state index in [1.807, 2.05) is 6.92 Å². The van der Waals surface area contributed by atoms with Crippen molar-refractivity contribution in [1.82, 2.24) is 0 Å². The number of fused-ring (bicyclic) bond motifs is 7. The normalized spacial score (nSPS) is 55.0. The molecule has 0 aliphatic heterocycles. The van der Waals surface area contributed by atoms with Crippen molar-refractivity contribution < 1.29 is 25.2 Å². The zero-order valence-corrected chi connectivity index (χ0v) is 22.7. The molecule has 5 aliphatic rings. The van der Waals surface area contributed by atoms with Crippen molar-refractivity contribution in [1.29, 1.82) is 0 Å². The summed E-state index contributed by atoms with van der Waals surface area (Å²) < 4.78 is 0. The van der Waals surface area contributed by atoms with Crippen LogP contribution < -0.4 is 0 Å². The average Bonchev–Trinajstić information content (AvgIpc) is 2.76. The zero-order valence-electron chi connectivity index (χ0n) is 22.7. The Kier molecular flexibility index (Phi) is 5.56. The first kappa shape index (κ1) is 25.7. The van der Waals surface area contributed by atoms with E-state index in [4.69, 9.17) is 0 Å². The van der Waals surface area contributed by atoms with Crippen molar-refractivity contribution >= 4 is 5.97 Å². The molecular weight excluding hydrogens is 440 g/mol. The van der Waals surface area contributed by atoms with E-state index >= 15 is 0 Å². The van der Waals surface area contributed by atoms with Gasteiger partial charge in [-0.05, 0) is 91.3 Å². The van der Waals surface area contributed by atoms with Gasteiger partial charge in [-0.1, -0.05) is 53.2 Å². The molecule has 4 saturated carbocycles. The number of allylic oxidation sites excluding steroid dienone is 2. The molecule has 0 radical (unpaired) electrons. The third-order valence-electron chi connectivity index (χ3n) is 13.1. The molecule has 5 nitrogen and oxygen atoms in total. The molecule has 0 bridgehead atoms. The summed E-state index contributed by atoms with van der Waals surface area (Å²) in [5, 5.41) is 43.6. The van der Waals surface area contributed by atoms with Crippen molar-refractivity contribution in [2.24, 2.45) is 50.2 Å². The van der Waals surface area contributed by atoms with Gasteiger partial charge >= 0.3 is 5.97 Å². The van der Waals surface area contributed by atoms with E-state index < -0.39 is 29.0 Å². The SMILES string of the molecule is CC1(C)CC[C@]2(C(=O)O)CC[C@]3(C)C(=CC[C@@H]4[C@@]5(C)CC[C@H](O)[C@](C)(CO)[C@@H]5[C@H](O)C[C@]43C)[C@@H]2C1. The van der Waals surface area contributed by atoms with E-state index in [-0.39, 0.29) is 40.1 Å². The average molecular weight is 489 g/mol. The Morgan fingerprint density at radius 3 is 2.26 bits per heavy atom. The molecule has 0 aromatic carbocycles. The summed E-state index contributed by atoms with van der Waals surface area (Å²) in [6.07, 6.45) is 8.44. The summed E-state index contributed by atoms with van der Waals surface area (Å²) in [6, 6.07) is 0. The van der Waals surface area contributed by atoms with E-state index in [1.54, 1.807) is 0 Å². The highest BCUT2D eigenvalue weighted by Crippen LogP contribution is 2.75. The summed E-state index contributed by atoms with van der Waals surface area (Å²) in [5.41, 5.74) is -0.397. The lowest BCUT2D eigenvalue weighted by Gasteiger charge is -2.72. The second kappa shape index (κ2) is 7.57. The standard InChI is InChI=1S/C30H48O5/c1-25(2)11-13-30(24(34)35)14-12-28(5)18(19(30)15-25)7-8-21-26(3)10-9-22(33)27(4,17-31)23(26)20(32)16-29(21,28)6/h7,19-23,31-33H,8-17H2,1-6H3,(H,34,35)/t19-,20+,21+,22-,23+,26+,27-,28+,29+,30-/m0/s1. The number of carboxylic acids is 1. The van der Waals surface area contributed by atoms with Crippen LogP contribution in [-0.2, 0) is 4.79 Å². The molecule has 35 heavy (non-hydrogen) atoms. The lowest BCUT2D eigenvalue weighted by molar-refractivity contribution is -0.252. The van der Waals surface area contributed by atoms with Crippen LogP contribution in [0.2, 0.25) is 0 Å². The minimum Gasteiger partial charge on any atom is -0.481 e. The van der Waals surface area contributed by atoms with Crippen LogP contribution in [0.3, 0.4) is 0 Å².